The first-order valence-corrected chi connectivity index (χ1v) is 9.16. The van der Waals surface area contributed by atoms with E-state index in [9.17, 15) is 4.79 Å². The lowest BCUT2D eigenvalue weighted by Gasteiger charge is -2.22. The molecule has 1 amide bonds. The summed E-state index contributed by atoms with van der Waals surface area (Å²) in [6.45, 7) is 2.49. The molecule has 2 heterocycles. The number of carbonyl (C=O) groups is 1. The van der Waals surface area contributed by atoms with Crippen LogP contribution in [-0.4, -0.2) is 38.9 Å². The van der Waals surface area contributed by atoms with Gasteiger partial charge in [-0.25, -0.2) is 4.98 Å². The molecule has 0 saturated carbocycles. The number of nitrogens with zero attached hydrogens (tertiary/aromatic N) is 3. The van der Waals surface area contributed by atoms with E-state index in [0.29, 0.717) is 0 Å². The quantitative estimate of drug-likeness (QED) is 0.704. The average Bonchev–Trinajstić information content (AvgIpc) is 3.20. The van der Waals surface area contributed by atoms with Crippen LogP contribution in [0.15, 0.2) is 12.4 Å². The number of aliphatic hydroxyl groups is 1. The minimum Gasteiger partial charge on any atom is -0.395 e. The smallest absolute Gasteiger partial charge is 0.241 e. The highest BCUT2D eigenvalue weighted by atomic mass is 32.1. The number of anilines is 1. The molecule has 1 aliphatic carbocycles. The summed E-state index contributed by atoms with van der Waals surface area (Å²) in [5.74, 6) is -0.159. The molecule has 2 aromatic heterocycles. The maximum Gasteiger partial charge on any atom is 0.241 e. The standard InChI is InChI=1S/C16H23N5O2S/c1-2-15-20-13-5-3-4-12(16(13)24-15)19-11-8-18-21(9-11)10-14(23)17-6-7-22/h8-9,12,19,22H,2-7,10H2,1H3,(H,17,23). The van der Waals surface area contributed by atoms with Gasteiger partial charge in [0, 0.05) is 12.7 Å². The summed E-state index contributed by atoms with van der Waals surface area (Å²) >= 11 is 1.80. The van der Waals surface area contributed by atoms with Crippen molar-refractivity contribution in [3.05, 3.63) is 28.0 Å². The van der Waals surface area contributed by atoms with E-state index in [2.05, 4.69) is 22.7 Å². The van der Waals surface area contributed by atoms with E-state index in [1.54, 1.807) is 22.2 Å². The Balaban J connectivity index is 1.63. The second kappa shape index (κ2) is 7.76. The highest BCUT2D eigenvalue weighted by molar-refractivity contribution is 7.11. The number of nitrogens with one attached hydrogen (secondary N) is 2. The van der Waals surface area contributed by atoms with Crippen LogP contribution in [0.1, 0.15) is 41.4 Å². The lowest BCUT2D eigenvalue weighted by molar-refractivity contribution is -0.122. The Morgan fingerprint density at radius 2 is 2.42 bits per heavy atom. The van der Waals surface area contributed by atoms with Gasteiger partial charge in [0.1, 0.15) is 6.54 Å². The largest absolute Gasteiger partial charge is 0.395 e. The SMILES string of the molecule is CCc1nc2c(s1)C(Nc1cnn(CC(=O)NCCO)c1)CCC2. The Kier molecular flexibility index (Phi) is 5.47. The molecule has 2 aromatic rings. The third-order valence-corrected chi connectivity index (χ3v) is 5.37. The molecule has 8 heteroatoms. The molecule has 130 valence electrons. The Morgan fingerprint density at radius 3 is 3.21 bits per heavy atom. The number of carbonyl (C=O) groups excluding carboxylic acids is 1. The summed E-state index contributed by atoms with van der Waals surface area (Å²) in [6.07, 6.45) is 7.85. The molecule has 0 fully saturated rings. The molecule has 0 saturated heterocycles. The number of rotatable bonds is 7. The summed E-state index contributed by atoms with van der Waals surface area (Å²) in [7, 11) is 0. The van der Waals surface area contributed by atoms with Crippen molar-refractivity contribution in [2.75, 3.05) is 18.5 Å². The number of thiazole rings is 1. The van der Waals surface area contributed by atoms with Crippen molar-refractivity contribution in [3.63, 3.8) is 0 Å². The highest BCUT2D eigenvalue weighted by Gasteiger charge is 2.24. The van der Waals surface area contributed by atoms with Crippen molar-refractivity contribution in [1.82, 2.24) is 20.1 Å². The van der Waals surface area contributed by atoms with Gasteiger partial charge in [-0.3, -0.25) is 9.48 Å². The molecule has 0 aromatic carbocycles. The van der Waals surface area contributed by atoms with Gasteiger partial charge in [0.05, 0.1) is 40.1 Å². The average molecular weight is 349 g/mol. The van der Waals surface area contributed by atoms with Gasteiger partial charge in [-0.2, -0.15) is 5.10 Å². The van der Waals surface area contributed by atoms with Crippen LogP contribution in [0, 0.1) is 0 Å². The Morgan fingerprint density at radius 1 is 1.54 bits per heavy atom. The molecular weight excluding hydrogens is 326 g/mol. The number of aromatic nitrogens is 3. The predicted octanol–water partition coefficient (Wildman–Crippen LogP) is 1.50. The fraction of sp³-hybridized carbons (Fsp3) is 0.562. The van der Waals surface area contributed by atoms with Gasteiger partial charge in [-0.15, -0.1) is 11.3 Å². The van der Waals surface area contributed by atoms with Crippen LogP contribution < -0.4 is 10.6 Å². The maximum atomic E-state index is 11.7. The number of aryl methyl sites for hydroxylation is 2. The summed E-state index contributed by atoms with van der Waals surface area (Å²) in [5.41, 5.74) is 2.14. The van der Waals surface area contributed by atoms with E-state index >= 15 is 0 Å². The van der Waals surface area contributed by atoms with Crippen LogP contribution in [-0.2, 0) is 24.2 Å². The number of hydrogen-bond acceptors (Lipinski definition) is 6. The fourth-order valence-electron chi connectivity index (χ4n) is 2.88. The van der Waals surface area contributed by atoms with Gasteiger partial charge in [-0.05, 0) is 25.7 Å². The van der Waals surface area contributed by atoms with E-state index in [0.717, 1.165) is 31.4 Å². The zero-order chi connectivity index (χ0) is 16.9. The predicted molar refractivity (Wildman–Crippen MR) is 93.1 cm³/mol. The fourth-order valence-corrected chi connectivity index (χ4v) is 4.02. The third-order valence-electron chi connectivity index (χ3n) is 4.01. The van der Waals surface area contributed by atoms with Crippen molar-refractivity contribution in [2.24, 2.45) is 0 Å². The summed E-state index contributed by atoms with van der Waals surface area (Å²) in [5, 5.41) is 20.3. The summed E-state index contributed by atoms with van der Waals surface area (Å²) in [6, 6.07) is 0.271. The summed E-state index contributed by atoms with van der Waals surface area (Å²) < 4.78 is 1.60. The molecule has 1 unspecified atom stereocenters. The van der Waals surface area contributed by atoms with Crippen molar-refractivity contribution in [1.29, 1.82) is 0 Å². The number of amides is 1. The molecule has 24 heavy (non-hydrogen) atoms. The molecular formula is C16H23N5O2S. The molecule has 7 nitrogen and oxygen atoms in total. The molecule has 1 aliphatic rings. The second-order valence-corrected chi connectivity index (χ2v) is 6.98. The number of fused-ring (bicyclic) bond motifs is 1. The molecule has 1 atom stereocenters. The van der Waals surface area contributed by atoms with Crippen LogP contribution in [0.25, 0.3) is 0 Å². The Bertz CT molecular complexity index is 696. The van der Waals surface area contributed by atoms with Gasteiger partial charge in [0.25, 0.3) is 0 Å². The zero-order valence-corrected chi connectivity index (χ0v) is 14.6. The molecule has 0 bridgehead atoms. The third kappa shape index (κ3) is 3.93. The number of hydrogen-bond donors (Lipinski definition) is 3. The van der Waals surface area contributed by atoms with Crippen LogP contribution in [0.4, 0.5) is 5.69 Å². The van der Waals surface area contributed by atoms with Crippen LogP contribution >= 0.6 is 11.3 Å². The molecule has 0 aliphatic heterocycles. The maximum absolute atomic E-state index is 11.7. The molecule has 3 rings (SSSR count). The lowest BCUT2D eigenvalue weighted by Crippen LogP contribution is -2.30. The van der Waals surface area contributed by atoms with E-state index in [1.165, 1.54) is 15.6 Å². The van der Waals surface area contributed by atoms with Crippen LogP contribution in [0.3, 0.4) is 0 Å². The second-order valence-electron chi connectivity index (χ2n) is 5.86. The van der Waals surface area contributed by atoms with Gasteiger partial charge in [0.2, 0.25) is 5.91 Å². The van der Waals surface area contributed by atoms with Gasteiger partial charge in [0.15, 0.2) is 0 Å². The van der Waals surface area contributed by atoms with E-state index < -0.39 is 0 Å². The Hall–Kier alpha value is -1.93. The van der Waals surface area contributed by atoms with E-state index in [4.69, 9.17) is 10.1 Å². The minimum absolute atomic E-state index is 0.0593. The highest BCUT2D eigenvalue weighted by Crippen LogP contribution is 2.36. The lowest BCUT2D eigenvalue weighted by atomic mass is 9.98. The van der Waals surface area contributed by atoms with Crippen LogP contribution in [0.2, 0.25) is 0 Å². The molecule has 3 N–H and O–H groups in total. The van der Waals surface area contributed by atoms with Crippen molar-refractivity contribution >= 4 is 22.9 Å². The zero-order valence-electron chi connectivity index (χ0n) is 13.8. The van der Waals surface area contributed by atoms with Crippen LogP contribution in [0.5, 0.6) is 0 Å². The monoisotopic (exact) mass is 349 g/mol. The van der Waals surface area contributed by atoms with Crippen molar-refractivity contribution in [2.45, 2.75) is 45.2 Å². The topological polar surface area (TPSA) is 92.1 Å². The first kappa shape index (κ1) is 16.9. The van der Waals surface area contributed by atoms with Crippen molar-refractivity contribution < 1.29 is 9.90 Å². The van der Waals surface area contributed by atoms with Crippen molar-refractivity contribution in [3.8, 4) is 0 Å². The van der Waals surface area contributed by atoms with Gasteiger partial charge < -0.3 is 15.7 Å². The van der Waals surface area contributed by atoms with E-state index in [-0.39, 0.29) is 31.6 Å². The molecule has 0 spiro atoms. The Labute approximate surface area is 145 Å². The number of aliphatic hydroxyl groups excluding tert-OH is 1. The van der Waals surface area contributed by atoms with Gasteiger partial charge >= 0.3 is 0 Å². The van der Waals surface area contributed by atoms with E-state index in [1.807, 2.05) is 6.20 Å². The first-order chi connectivity index (χ1) is 11.7. The minimum atomic E-state index is -0.159. The first-order valence-electron chi connectivity index (χ1n) is 8.34. The van der Waals surface area contributed by atoms with Gasteiger partial charge in [-0.1, -0.05) is 6.92 Å². The summed E-state index contributed by atoms with van der Waals surface area (Å²) in [4.78, 5) is 17.7. The normalized spacial score (nSPS) is 16.7. The molecule has 0 radical (unpaired) electrons.